The summed E-state index contributed by atoms with van der Waals surface area (Å²) in [5.41, 5.74) is 3.13. The van der Waals surface area contributed by atoms with Crippen molar-refractivity contribution in [1.29, 1.82) is 0 Å². The third-order valence-corrected chi connectivity index (χ3v) is 4.83. The van der Waals surface area contributed by atoms with E-state index in [1.54, 1.807) is 6.92 Å². The van der Waals surface area contributed by atoms with Crippen LogP contribution in [-0.2, 0) is 27.2 Å². The molecular weight excluding hydrogens is 340 g/mol. The quantitative estimate of drug-likeness (QED) is 0.739. The third kappa shape index (κ3) is 5.17. The van der Waals surface area contributed by atoms with Gasteiger partial charge in [-0.25, -0.2) is 0 Å². The number of esters is 1. The van der Waals surface area contributed by atoms with Crippen LogP contribution in [0.25, 0.3) is 0 Å². The van der Waals surface area contributed by atoms with Crippen LogP contribution in [-0.4, -0.2) is 30.6 Å². The summed E-state index contributed by atoms with van der Waals surface area (Å²) >= 11 is 0. The van der Waals surface area contributed by atoms with Gasteiger partial charge in [-0.05, 0) is 49.8 Å². The minimum atomic E-state index is -0.512. The number of aryl methyl sites for hydroxylation is 2. The fourth-order valence-electron chi connectivity index (χ4n) is 3.38. The molecule has 0 radical (unpaired) electrons. The van der Waals surface area contributed by atoms with Gasteiger partial charge in [0.15, 0.2) is 0 Å². The van der Waals surface area contributed by atoms with Crippen LogP contribution in [0.4, 0.5) is 5.69 Å². The Hall–Kier alpha value is -2.66. The van der Waals surface area contributed by atoms with Crippen LogP contribution in [0, 0.1) is 0 Å². The fourth-order valence-corrected chi connectivity index (χ4v) is 3.38. The molecule has 2 aromatic rings. The Kier molecular flexibility index (Phi) is 6.60. The number of carbonyl (C=O) groups excluding carboxylic acids is 2. The molecule has 0 aromatic heterocycles. The lowest BCUT2D eigenvalue weighted by atomic mass is 10.0. The van der Waals surface area contributed by atoms with E-state index >= 15 is 0 Å². The van der Waals surface area contributed by atoms with E-state index in [0.29, 0.717) is 19.4 Å². The highest BCUT2D eigenvalue weighted by Crippen LogP contribution is 2.22. The number of fused-ring (bicyclic) bond motifs is 1. The highest BCUT2D eigenvalue weighted by molar-refractivity contribution is 5.96. The van der Waals surface area contributed by atoms with Crippen molar-refractivity contribution in [3.05, 3.63) is 65.7 Å². The lowest BCUT2D eigenvalue weighted by molar-refractivity contribution is -0.146. The van der Waals surface area contributed by atoms with Gasteiger partial charge in [0, 0.05) is 5.69 Å². The predicted molar refractivity (Wildman–Crippen MR) is 106 cm³/mol. The monoisotopic (exact) mass is 366 g/mol. The number of ether oxygens (including phenoxy) is 1. The summed E-state index contributed by atoms with van der Waals surface area (Å²) in [6.07, 6.45) is 2.75. The number of hydrogen-bond acceptors (Lipinski definition) is 4. The number of nitrogens with one attached hydrogen (secondary N) is 2. The molecule has 1 aliphatic heterocycles. The number of hydrogen-bond donors (Lipinski definition) is 2. The van der Waals surface area contributed by atoms with Gasteiger partial charge in [-0.1, -0.05) is 48.5 Å². The number of para-hydroxylation sites is 1. The molecule has 1 amide bonds. The lowest BCUT2D eigenvalue weighted by Crippen LogP contribution is -2.49. The minimum Gasteiger partial charge on any atom is -0.465 e. The molecule has 5 heteroatoms. The van der Waals surface area contributed by atoms with Gasteiger partial charge in [0.05, 0.1) is 12.6 Å². The van der Waals surface area contributed by atoms with Gasteiger partial charge in [0.1, 0.15) is 6.04 Å². The number of amides is 1. The molecule has 5 nitrogen and oxygen atoms in total. The Morgan fingerprint density at radius 1 is 1.19 bits per heavy atom. The van der Waals surface area contributed by atoms with Gasteiger partial charge in [0.25, 0.3) is 0 Å². The summed E-state index contributed by atoms with van der Waals surface area (Å²) < 4.78 is 5.23. The summed E-state index contributed by atoms with van der Waals surface area (Å²) in [6.45, 7) is 2.12. The van der Waals surface area contributed by atoms with Crippen LogP contribution in [0.5, 0.6) is 0 Å². The van der Waals surface area contributed by atoms with Crippen molar-refractivity contribution >= 4 is 17.6 Å². The number of carbonyl (C=O) groups is 2. The van der Waals surface area contributed by atoms with E-state index in [1.165, 1.54) is 0 Å². The summed E-state index contributed by atoms with van der Waals surface area (Å²) in [7, 11) is 0. The Labute approximate surface area is 160 Å². The fraction of sp³-hybridized carbons (Fsp3) is 0.364. The van der Waals surface area contributed by atoms with Gasteiger partial charge in [-0.15, -0.1) is 0 Å². The molecule has 2 atom stereocenters. The van der Waals surface area contributed by atoms with E-state index < -0.39 is 12.1 Å². The molecule has 1 unspecified atom stereocenters. The van der Waals surface area contributed by atoms with Crippen LogP contribution in [0.3, 0.4) is 0 Å². The summed E-state index contributed by atoms with van der Waals surface area (Å²) in [4.78, 5) is 25.1. The van der Waals surface area contributed by atoms with Crippen molar-refractivity contribution in [2.45, 2.75) is 44.7 Å². The molecule has 0 saturated heterocycles. The molecule has 0 fully saturated rings. The van der Waals surface area contributed by atoms with Gasteiger partial charge in [0.2, 0.25) is 5.91 Å². The second-order valence-electron chi connectivity index (χ2n) is 6.73. The Bertz CT molecular complexity index is 776. The molecular formula is C22H26N2O3. The predicted octanol–water partition coefficient (Wildman–Crippen LogP) is 3.09. The first kappa shape index (κ1) is 19.1. The zero-order chi connectivity index (χ0) is 19.1. The summed E-state index contributed by atoms with van der Waals surface area (Å²) in [5.74, 6) is -0.406. The molecule has 2 N–H and O–H groups in total. The zero-order valence-corrected chi connectivity index (χ0v) is 15.6. The third-order valence-electron chi connectivity index (χ3n) is 4.83. The average Bonchev–Trinajstić information content (AvgIpc) is 2.84. The SMILES string of the molecule is CCOC(=O)[C@H](CCc1ccccc1)NC1CCc2ccccc2NC1=O. The van der Waals surface area contributed by atoms with Crippen molar-refractivity contribution < 1.29 is 14.3 Å². The van der Waals surface area contributed by atoms with E-state index in [2.05, 4.69) is 10.6 Å². The Balaban J connectivity index is 1.67. The highest BCUT2D eigenvalue weighted by atomic mass is 16.5. The topological polar surface area (TPSA) is 67.4 Å². The maximum absolute atomic E-state index is 12.6. The molecule has 1 heterocycles. The van der Waals surface area contributed by atoms with E-state index in [4.69, 9.17) is 4.74 Å². The van der Waals surface area contributed by atoms with E-state index in [1.807, 2.05) is 54.6 Å². The number of rotatable bonds is 7. The van der Waals surface area contributed by atoms with E-state index in [9.17, 15) is 9.59 Å². The summed E-state index contributed by atoms with van der Waals surface area (Å²) in [5, 5.41) is 6.22. The second kappa shape index (κ2) is 9.33. The molecule has 2 aromatic carbocycles. The van der Waals surface area contributed by atoms with Gasteiger partial charge >= 0.3 is 5.97 Å². The van der Waals surface area contributed by atoms with Crippen LogP contribution in [0.2, 0.25) is 0 Å². The van der Waals surface area contributed by atoms with Crippen molar-refractivity contribution in [3.8, 4) is 0 Å². The average molecular weight is 366 g/mol. The molecule has 27 heavy (non-hydrogen) atoms. The maximum Gasteiger partial charge on any atom is 0.323 e. The zero-order valence-electron chi connectivity index (χ0n) is 15.6. The molecule has 3 rings (SSSR count). The van der Waals surface area contributed by atoms with Crippen LogP contribution in [0.15, 0.2) is 54.6 Å². The number of benzene rings is 2. The first-order chi connectivity index (χ1) is 13.2. The molecule has 0 spiro atoms. The van der Waals surface area contributed by atoms with Crippen LogP contribution < -0.4 is 10.6 Å². The standard InChI is InChI=1S/C22H26N2O3/c1-2-27-22(26)20(14-12-16-8-4-3-5-9-16)23-19-15-13-17-10-6-7-11-18(17)24-21(19)25/h3-11,19-20,23H,2,12-15H2,1H3,(H,24,25)/t19?,20-/m0/s1. The molecule has 0 aliphatic carbocycles. The van der Waals surface area contributed by atoms with Crippen molar-refractivity contribution in [2.24, 2.45) is 0 Å². The Morgan fingerprint density at radius 3 is 2.70 bits per heavy atom. The summed E-state index contributed by atoms with van der Waals surface area (Å²) in [6, 6.07) is 16.9. The van der Waals surface area contributed by atoms with Crippen molar-refractivity contribution in [3.63, 3.8) is 0 Å². The van der Waals surface area contributed by atoms with E-state index in [-0.39, 0.29) is 11.9 Å². The lowest BCUT2D eigenvalue weighted by Gasteiger charge is -2.23. The maximum atomic E-state index is 12.6. The first-order valence-corrected chi connectivity index (χ1v) is 9.52. The largest absolute Gasteiger partial charge is 0.465 e. The van der Waals surface area contributed by atoms with Crippen LogP contribution >= 0.6 is 0 Å². The Morgan fingerprint density at radius 2 is 1.93 bits per heavy atom. The van der Waals surface area contributed by atoms with Crippen molar-refractivity contribution in [2.75, 3.05) is 11.9 Å². The van der Waals surface area contributed by atoms with Gasteiger partial charge < -0.3 is 10.1 Å². The highest BCUT2D eigenvalue weighted by Gasteiger charge is 2.29. The molecule has 0 saturated carbocycles. The smallest absolute Gasteiger partial charge is 0.323 e. The second-order valence-corrected chi connectivity index (χ2v) is 6.73. The molecule has 142 valence electrons. The molecule has 0 bridgehead atoms. The molecule has 1 aliphatic rings. The van der Waals surface area contributed by atoms with Crippen LogP contribution in [0.1, 0.15) is 30.9 Å². The number of anilines is 1. The minimum absolute atomic E-state index is 0.103. The van der Waals surface area contributed by atoms with Gasteiger partial charge in [-0.2, -0.15) is 0 Å². The van der Waals surface area contributed by atoms with Crippen molar-refractivity contribution in [1.82, 2.24) is 5.32 Å². The normalized spacial score (nSPS) is 17.4. The first-order valence-electron chi connectivity index (χ1n) is 9.52. The van der Waals surface area contributed by atoms with Gasteiger partial charge in [-0.3, -0.25) is 14.9 Å². The van der Waals surface area contributed by atoms with E-state index in [0.717, 1.165) is 29.7 Å².